The van der Waals surface area contributed by atoms with E-state index in [1.807, 2.05) is 21.0 Å². The minimum atomic E-state index is 0.397. The molecule has 0 saturated heterocycles. The van der Waals surface area contributed by atoms with Crippen LogP contribution < -0.4 is 5.32 Å². The number of aliphatic imine (C=N–C) groups is 1. The van der Waals surface area contributed by atoms with Crippen LogP contribution in [0.25, 0.3) is 0 Å². The van der Waals surface area contributed by atoms with Crippen molar-refractivity contribution in [3.8, 4) is 0 Å². The summed E-state index contributed by atoms with van der Waals surface area (Å²) in [7, 11) is 8.12. The zero-order chi connectivity index (χ0) is 18.2. The predicted octanol–water partition coefficient (Wildman–Crippen LogP) is 2.63. The fourth-order valence-electron chi connectivity index (χ4n) is 2.72. The Hall–Kier alpha value is -1.92. The minimum Gasteiger partial charge on any atom is -0.355 e. The van der Waals surface area contributed by atoms with Crippen LogP contribution in [0.4, 0.5) is 0 Å². The molecule has 6 heteroatoms. The average Bonchev–Trinajstić information content (AvgIpc) is 3.00. The molecule has 1 aromatic carbocycles. The molecule has 1 unspecified atom stereocenters. The lowest BCUT2D eigenvalue weighted by Crippen LogP contribution is -2.46. The Labute approximate surface area is 155 Å². The number of rotatable bonds is 7. The van der Waals surface area contributed by atoms with Gasteiger partial charge in [-0.05, 0) is 33.0 Å². The molecule has 0 spiro atoms. The van der Waals surface area contributed by atoms with Gasteiger partial charge in [-0.3, -0.25) is 4.99 Å². The molecule has 0 fully saturated rings. The van der Waals surface area contributed by atoms with Crippen LogP contribution >= 0.6 is 11.3 Å². The number of hydrogen-bond donors (Lipinski definition) is 1. The summed E-state index contributed by atoms with van der Waals surface area (Å²) in [5, 5.41) is 6.72. The third kappa shape index (κ3) is 6.14. The number of nitrogens with zero attached hydrogens (tertiary/aromatic N) is 4. The second-order valence-corrected chi connectivity index (χ2v) is 7.51. The van der Waals surface area contributed by atoms with E-state index in [0.717, 1.165) is 36.2 Å². The Balaban J connectivity index is 1.92. The van der Waals surface area contributed by atoms with E-state index in [1.54, 1.807) is 11.3 Å². The highest BCUT2D eigenvalue weighted by Crippen LogP contribution is 2.10. The van der Waals surface area contributed by atoms with Gasteiger partial charge in [0.05, 0.1) is 17.2 Å². The molecule has 1 heterocycles. The van der Waals surface area contributed by atoms with E-state index in [1.165, 1.54) is 5.56 Å². The van der Waals surface area contributed by atoms with Crippen molar-refractivity contribution in [1.29, 1.82) is 0 Å². The molecule has 0 radical (unpaired) electrons. The molecule has 0 saturated carbocycles. The molecule has 1 atom stereocenters. The minimum absolute atomic E-state index is 0.397. The summed E-state index contributed by atoms with van der Waals surface area (Å²) < 4.78 is 0. The zero-order valence-corrected chi connectivity index (χ0v) is 16.7. The first-order valence-corrected chi connectivity index (χ1v) is 9.40. The van der Waals surface area contributed by atoms with E-state index in [0.29, 0.717) is 6.04 Å². The first kappa shape index (κ1) is 19.4. The van der Waals surface area contributed by atoms with Gasteiger partial charge in [-0.15, -0.1) is 11.3 Å². The first-order chi connectivity index (χ1) is 12.0. The highest BCUT2D eigenvalue weighted by atomic mass is 32.1. The summed E-state index contributed by atoms with van der Waals surface area (Å²) in [4.78, 5) is 13.3. The molecule has 1 N–H and O–H groups in total. The van der Waals surface area contributed by atoms with Crippen LogP contribution in [-0.2, 0) is 13.0 Å². The van der Waals surface area contributed by atoms with Crippen LogP contribution in [-0.4, -0.2) is 61.5 Å². The van der Waals surface area contributed by atoms with Gasteiger partial charge in [-0.2, -0.15) is 0 Å². The van der Waals surface area contributed by atoms with Crippen molar-refractivity contribution in [1.82, 2.24) is 20.1 Å². The number of aromatic nitrogens is 1. The highest BCUT2D eigenvalue weighted by molar-refractivity contribution is 7.09. The topological polar surface area (TPSA) is 43.8 Å². The average molecular weight is 360 g/mol. The number of hydrogen-bond acceptors (Lipinski definition) is 4. The maximum atomic E-state index is 4.53. The number of aryl methyl sites for hydroxylation is 1. The summed E-state index contributed by atoms with van der Waals surface area (Å²) in [5.41, 5.74) is 2.44. The summed E-state index contributed by atoms with van der Waals surface area (Å²) in [6.45, 7) is 3.64. The van der Waals surface area contributed by atoms with E-state index in [9.17, 15) is 0 Å². The van der Waals surface area contributed by atoms with Crippen molar-refractivity contribution in [3.63, 3.8) is 0 Å². The lowest BCUT2D eigenvalue weighted by atomic mass is 10.1. The Morgan fingerprint density at radius 2 is 1.96 bits per heavy atom. The van der Waals surface area contributed by atoms with Crippen LogP contribution in [0.1, 0.15) is 16.3 Å². The second kappa shape index (κ2) is 9.53. The lowest BCUT2D eigenvalue weighted by Gasteiger charge is -2.28. The number of likely N-dealkylation sites (N-methyl/N-ethyl adjacent to an activating group) is 1. The Bertz CT molecular complexity index is 665. The van der Waals surface area contributed by atoms with E-state index in [-0.39, 0.29) is 0 Å². The number of benzene rings is 1. The van der Waals surface area contributed by atoms with Crippen molar-refractivity contribution in [2.24, 2.45) is 4.99 Å². The van der Waals surface area contributed by atoms with Crippen molar-refractivity contribution >= 4 is 17.3 Å². The van der Waals surface area contributed by atoms with Gasteiger partial charge in [0.15, 0.2) is 5.96 Å². The summed E-state index contributed by atoms with van der Waals surface area (Å²) >= 11 is 1.68. The van der Waals surface area contributed by atoms with Gasteiger partial charge >= 0.3 is 0 Å². The fourth-order valence-corrected chi connectivity index (χ4v) is 3.32. The van der Waals surface area contributed by atoms with E-state index in [4.69, 9.17) is 0 Å². The summed E-state index contributed by atoms with van der Waals surface area (Å²) in [6.07, 6.45) is 1.01. The van der Waals surface area contributed by atoms with Gasteiger partial charge in [0.2, 0.25) is 0 Å². The van der Waals surface area contributed by atoms with E-state index in [2.05, 4.69) is 74.9 Å². The summed E-state index contributed by atoms with van der Waals surface area (Å²) in [5.74, 6) is 0.894. The molecule has 0 aliphatic carbocycles. The van der Waals surface area contributed by atoms with Crippen molar-refractivity contribution in [2.45, 2.75) is 25.9 Å². The molecule has 2 rings (SSSR count). The Morgan fingerprint density at radius 3 is 2.52 bits per heavy atom. The van der Waals surface area contributed by atoms with Crippen LogP contribution in [0.3, 0.4) is 0 Å². The van der Waals surface area contributed by atoms with Gasteiger partial charge < -0.3 is 15.1 Å². The van der Waals surface area contributed by atoms with Crippen LogP contribution in [0.2, 0.25) is 0 Å². The summed E-state index contributed by atoms with van der Waals surface area (Å²) in [6, 6.07) is 11.0. The van der Waals surface area contributed by atoms with Crippen LogP contribution in [0.5, 0.6) is 0 Å². The molecule has 0 aliphatic heterocycles. The zero-order valence-electron chi connectivity index (χ0n) is 15.9. The van der Waals surface area contributed by atoms with E-state index < -0.39 is 0 Å². The van der Waals surface area contributed by atoms with Gasteiger partial charge in [0, 0.05) is 32.1 Å². The third-order valence-electron chi connectivity index (χ3n) is 4.18. The maximum absolute atomic E-state index is 4.53. The number of guanidine groups is 1. The Morgan fingerprint density at radius 1 is 1.24 bits per heavy atom. The molecule has 136 valence electrons. The standard InChI is InChI=1S/C19H29N5S/c1-15-22-17(14-25-15)13-24(5)19(20-2)21-12-18(23(3)4)11-16-9-7-6-8-10-16/h6-10,14,18H,11-13H2,1-5H3,(H,20,21). The smallest absolute Gasteiger partial charge is 0.193 e. The molecule has 0 bridgehead atoms. The maximum Gasteiger partial charge on any atom is 0.193 e. The lowest BCUT2D eigenvalue weighted by molar-refractivity contribution is 0.287. The molecular weight excluding hydrogens is 330 g/mol. The highest BCUT2D eigenvalue weighted by Gasteiger charge is 2.15. The number of nitrogens with one attached hydrogen (secondary N) is 1. The molecule has 25 heavy (non-hydrogen) atoms. The predicted molar refractivity (Wildman–Crippen MR) is 107 cm³/mol. The molecule has 5 nitrogen and oxygen atoms in total. The quantitative estimate of drug-likeness (QED) is 0.610. The SMILES string of the molecule is CN=C(NCC(Cc1ccccc1)N(C)C)N(C)Cc1csc(C)n1. The number of thiazole rings is 1. The monoisotopic (exact) mass is 359 g/mol. The van der Waals surface area contributed by atoms with Gasteiger partial charge in [-0.25, -0.2) is 4.98 Å². The first-order valence-electron chi connectivity index (χ1n) is 8.52. The normalized spacial score (nSPS) is 13.1. The Kier molecular flexibility index (Phi) is 7.40. The largest absolute Gasteiger partial charge is 0.355 e. The van der Waals surface area contributed by atoms with Crippen molar-refractivity contribution in [3.05, 3.63) is 52.0 Å². The molecular formula is C19H29N5S. The van der Waals surface area contributed by atoms with Crippen molar-refractivity contribution in [2.75, 3.05) is 34.7 Å². The molecule has 0 amide bonds. The van der Waals surface area contributed by atoms with Crippen LogP contribution in [0.15, 0.2) is 40.7 Å². The van der Waals surface area contributed by atoms with E-state index >= 15 is 0 Å². The second-order valence-electron chi connectivity index (χ2n) is 6.45. The van der Waals surface area contributed by atoms with Gasteiger partial charge in [0.25, 0.3) is 0 Å². The molecule has 0 aliphatic rings. The van der Waals surface area contributed by atoms with Crippen LogP contribution in [0, 0.1) is 6.92 Å². The fraction of sp³-hybridized carbons (Fsp3) is 0.474. The van der Waals surface area contributed by atoms with Gasteiger partial charge in [-0.1, -0.05) is 30.3 Å². The third-order valence-corrected chi connectivity index (χ3v) is 5.00. The van der Waals surface area contributed by atoms with Gasteiger partial charge in [0.1, 0.15) is 0 Å². The molecule has 1 aromatic heterocycles. The molecule has 2 aromatic rings. The van der Waals surface area contributed by atoms with Crippen molar-refractivity contribution < 1.29 is 0 Å².